The number of carbonyl (C=O) groups is 1. The molecule has 0 bridgehead atoms. The molecule has 148 valence electrons. The summed E-state index contributed by atoms with van der Waals surface area (Å²) in [6.45, 7) is 0. The van der Waals surface area contributed by atoms with E-state index in [1.54, 1.807) is 24.3 Å². The summed E-state index contributed by atoms with van der Waals surface area (Å²) < 4.78 is 17.0. The van der Waals surface area contributed by atoms with Crippen molar-refractivity contribution in [1.29, 1.82) is 0 Å². The Hall–Kier alpha value is -4.46. The summed E-state index contributed by atoms with van der Waals surface area (Å²) in [5, 5.41) is 9.01. The number of nitrogens with zero attached hydrogens (tertiary/aromatic N) is 3. The van der Waals surface area contributed by atoms with Gasteiger partial charge in [0.15, 0.2) is 0 Å². The van der Waals surface area contributed by atoms with Crippen molar-refractivity contribution in [3.8, 4) is 35.3 Å². The summed E-state index contributed by atoms with van der Waals surface area (Å²) in [6.07, 6.45) is 0. The predicted octanol–water partition coefficient (Wildman–Crippen LogP) is 4.95. The number of para-hydroxylation sites is 2. The summed E-state index contributed by atoms with van der Waals surface area (Å²) >= 11 is 0. The Labute approximate surface area is 171 Å². The fourth-order valence-corrected chi connectivity index (χ4v) is 2.42. The van der Waals surface area contributed by atoms with E-state index >= 15 is 0 Å². The molecule has 0 fully saturated rings. The van der Waals surface area contributed by atoms with Crippen LogP contribution in [0.15, 0.2) is 84.9 Å². The molecular formula is C22H15N3O5. The molecule has 30 heavy (non-hydrogen) atoms. The van der Waals surface area contributed by atoms with Crippen molar-refractivity contribution >= 4 is 5.97 Å². The maximum atomic E-state index is 11.0. The third-order valence-corrected chi connectivity index (χ3v) is 3.79. The molecule has 0 radical (unpaired) electrons. The number of ether oxygens (including phenoxy) is 3. The summed E-state index contributed by atoms with van der Waals surface area (Å²) in [4.78, 5) is 23.5. The monoisotopic (exact) mass is 401 g/mol. The molecule has 0 amide bonds. The zero-order valence-electron chi connectivity index (χ0n) is 15.5. The van der Waals surface area contributed by atoms with Crippen LogP contribution >= 0.6 is 0 Å². The van der Waals surface area contributed by atoms with E-state index in [1.165, 1.54) is 24.3 Å². The van der Waals surface area contributed by atoms with Gasteiger partial charge in [-0.2, -0.15) is 0 Å². The largest absolute Gasteiger partial charge is 0.478 e. The average Bonchev–Trinajstić information content (AvgIpc) is 2.75. The van der Waals surface area contributed by atoms with Gasteiger partial charge in [-0.15, -0.1) is 15.0 Å². The van der Waals surface area contributed by atoms with Gasteiger partial charge in [-0.3, -0.25) is 0 Å². The van der Waals surface area contributed by atoms with Gasteiger partial charge in [0.25, 0.3) is 0 Å². The summed E-state index contributed by atoms with van der Waals surface area (Å²) in [5.74, 6) is 0.388. The van der Waals surface area contributed by atoms with Crippen LogP contribution in [-0.2, 0) is 0 Å². The standard InChI is InChI=1S/C22H15N3O5/c26-19(27)15-11-13-18(14-12-15)30-22-24-20(28-16-7-3-1-4-8-16)23-21(25-22)29-17-9-5-2-6-10-17/h1-14H,(H,26,27). The first-order valence-electron chi connectivity index (χ1n) is 8.89. The molecule has 8 nitrogen and oxygen atoms in total. The highest BCUT2D eigenvalue weighted by Crippen LogP contribution is 2.26. The Bertz CT molecular complexity index is 1080. The molecule has 8 heteroatoms. The predicted molar refractivity (Wildman–Crippen MR) is 106 cm³/mol. The maximum Gasteiger partial charge on any atom is 0.335 e. The van der Waals surface area contributed by atoms with Crippen LogP contribution in [0.25, 0.3) is 0 Å². The second-order valence-electron chi connectivity index (χ2n) is 5.94. The van der Waals surface area contributed by atoms with Crippen LogP contribution in [0.2, 0.25) is 0 Å². The van der Waals surface area contributed by atoms with Crippen molar-refractivity contribution in [2.24, 2.45) is 0 Å². The lowest BCUT2D eigenvalue weighted by Crippen LogP contribution is -2.01. The van der Waals surface area contributed by atoms with Gasteiger partial charge in [0, 0.05) is 0 Å². The molecule has 0 atom stereocenters. The minimum absolute atomic E-state index is 0.0145. The van der Waals surface area contributed by atoms with Crippen molar-refractivity contribution in [2.45, 2.75) is 0 Å². The first-order chi connectivity index (χ1) is 14.7. The molecule has 1 aromatic heterocycles. The van der Waals surface area contributed by atoms with Crippen LogP contribution in [0.4, 0.5) is 0 Å². The van der Waals surface area contributed by atoms with Crippen molar-refractivity contribution in [3.63, 3.8) is 0 Å². The fourth-order valence-electron chi connectivity index (χ4n) is 2.42. The van der Waals surface area contributed by atoms with E-state index in [9.17, 15) is 4.79 Å². The van der Waals surface area contributed by atoms with Crippen LogP contribution in [-0.4, -0.2) is 26.0 Å². The second kappa shape index (κ2) is 8.70. The number of hydrogen-bond acceptors (Lipinski definition) is 7. The van der Waals surface area contributed by atoms with E-state index in [0.717, 1.165) is 0 Å². The van der Waals surface area contributed by atoms with Crippen molar-refractivity contribution in [3.05, 3.63) is 90.5 Å². The molecule has 4 aromatic rings. The van der Waals surface area contributed by atoms with E-state index in [2.05, 4.69) is 15.0 Å². The smallest absolute Gasteiger partial charge is 0.335 e. The van der Waals surface area contributed by atoms with Gasteiger partial charge in [0.05, 0.1) is 5.56 Å². The topological polar surface area (TPSA) is 104 Å². The minimum atomic E-state index is -1.03. The van der Waals surface area contributed by atoms with E-state index in [1.807, 2.05) is 36.4 Å². The lowest BCUT2D eigenvalue weighted by molar-refractivity contribution is 0.0697. The molecule has 0 unspecified atom stereocenters. The molecule has 0 aliphatic rings. The maximum absolute atomic E-state index is 11.0. The third kappa shape index (κ3) is 4.87. The zero-order valence-corrected chi connectivity index (χ0v) is 15.5. The number of hydrogen-bond donors (Lipinski definition) is 1. The molecule has 1 N–H and O–H groups in total. The highest BCUT2D eigenvalue weighted by molar-refractivity contribution is 5.87. The van der Waals surface area contributed by atoms with Crippen LogP contribution in [0, 0.1) is 0 Å². The Balaban J connectivity index is 1.62. The molecule has 0 aliphatic heterocycles. The SMILES string of the molecule is O=C(O)c1ccc(Oc2nc(Oc3ccccc3)nc(Oc3ccccc3)n2)cc1. The van der Waals surface area contributed by atoms with Gasteiger partial charge in [-0.1, -0.05) is 36.4 Å². The quantitative estimate of drug-likeness (QED) is 0.464. The van der Waals surface area contributed by atoms with Crippen molar-refractivity contribution in [1.82, 2.24) is 15.0 Å². The zero-order chi connectivity index (χ0) is 20.8. The van der Waals surface area contributed by atoms with Gasteiger partial charge in [0.1, 0.15) is 17.2 Å². The highest BCUT2D eigenvalue weighted by Gasteiger charge is 2.13. The number of carboxylic acids is 1. The summed E-state index contributed by atoms with van der Waals surface area (Å²) in [7, 11) is 0. The molecular weight excluding hydrogens is 386 g/mol. The minimum Gasteiger partial charge on any atom is -0.478 e. The second-order valence-corrected chi connectivity index (χ2v) is 5.94. The highest BCUT2D eigenvalue weighted by atomic mass is 16.5. The summed E-state index contributed by atoms with van der Waals surface area (Å²) in [5.41, 5.74) is 0.138. The fraction of sp³-hybridized carbons (Fsp3) is 0. The molecule has 1 heterocycles. The first kappa shape index (κ1) is 18.9. The third-order valence-electron chi connectivity index (χ3n) is 3.79. The lowest BCUT2D eigenvalue weighted by atomic mass is 10.2. The van der Waals surface area contributed by atoms with Gasteiger partial charge in [0.2, 0.25) is 0 Å². The number of benzene rings is 3. The molecule has 0 spiro atoms. The van der Waals surface area contributed by atoms with E-state index in [0.29, 0.717) is 17.2 Å². The van der Waals surface area contributed by atoms with Crippen LogP contribution in [0.3, 0.4) is 0 Å². The Morgan fingerprint density at radius 1 is 0.567 bits per heavy atom. The number of rotatable bonds is 7. The van der Waals surface area contributed by atoms with Crippen LogP contribution in [0.1, 0.15) is 10.4 Å². The van der Waals surface area contributed by atoms with E-state index in [-0.39, 0.29) is 23.6 Å². The van der Waals surface area contributed by atoms with Crippen molar-refractivity contribution in [2.75, 3.05) is 0 Å². The Morgan fingerprint density at radius 3 is 1.30 bits per heavy atom. The van der Waals surface area contributed by atoms with E-state index < -0.39 is 5.97 Å². The first-order valence-corrected chi connectivity index (χ1v) is 8.89. The number of aromatic nitrogens is 3. The molecule has 0 aliphatic carbocycles. The van der Waals surface area contributed by atoms with Gasteiger partial charge >= 0.3 is 24.0 Å². The molecule has 0 saturated heterocycles. The van der Waals surface area contributed by atoms with Crippen LogP contribution in [0.5, 0.6) is 35.3 Å². The number of aromatic carboxylic acids is 1. The Kier molecular flexibility index (Phi) is 5.47. The summed E-state index contributed by atoms with van der Waals surface area (Å²) in [6, 6.07) is 23.8. The average molecular weight is 401 g/mol. The van der Waals surface area contributed by atoms with Crippen LogP contribution < -0.4 is 14.2 Å². The Morgan fingerprint density at radius 2 is 0.933 bits per heavy atom. The molecule has 3 aromatic carbocycles. The van der Waals surface area contributed by atoms with Crippen molar-refractivity contribution < 1.29 is 24.1 Å². The molecule has 0 saturated carbocycles. The van der Waals surface area contributed by atoms with Gasteiger partial charge in [-0.25, -0.2) is 4.79 Å². The van der Waals surface area contributed by atoms with Gasteiger partial charge in [-0.05, 0) is 48.5 Å². The van der Waals surface area contributed by atoms with E-state index in [4.69, 9.17) is 19.3 Å². The number of carboxylic acid groups (broad SMARTS) is 1. The van der Waals surface area contributed by atoms with Gasteiger partial charge < -0.3 is 19.3 Å². The lowest BCUT2D eigenvalue weighted by Gasteiger charge is -2.09. The normalized spacial score (nSPS) is 10.3. The molecule has 4 rings (SSSR count).